The third-order valence-corrected chi connectivity index (χ3v) is 4.81. The third kappa shape index (κ3) is 4.07. The highest BCUT2D eigenvalue weighted by molar-refractivity contribution is 5.79. The second kappa shape index (κ2) is 7.08. The van der Waals surface area contributed by atoms with Crippen LogP contribution in [0.15, 0.2) is 30.3 Å². The van der Waals surface area contributed by atoms with Crippen molar-refractivity contribution in [1.82, 2.24) is 5.32 Å². The van der Waals surface area contributed by atoms with E-state index in [0.29, 0.717) is 19.0 Å². The van der Waals surface area contributed by atoms with Crippen LogP contribution in [0.4, 0.5) is 0 Å². The van der Waals surface area contributed by atoms with E-state index in [1.165, 1.54) is 12.0 Å². The van der Waals surface area contributed by atoms with Crippen molar-refractivity contribution in [2.24, 2.45) is 17.6 Å². The molecule has 2 atom stereocenters. The summed E-state index contributed by atoms with van der Waals surface area (Å²) in [6.45, 7) is 5.64. The van der Waals surface area contributed by atoms with Gasteiger partial charge in [-0.3, -0.25) is 4.79 Å². The van der Waals surface area contributed by atoms with E-state index in [9.17, 15) is 4.79 Å². The Balaban J connectivity index is 1.94. The van der Waals surface area contributed by atoms with Gasteiger partial charge >= 0.3 is 0 Å². The highest BCUT2D eigenvalue weighted by Gasteiger charge is 2.31. The molecule has 0 spiro atoms. The van der Waals surface area contributed by atoms with Crippen LogP contribution < -0.4 is 11.1 Å². The van der Waals surface area contributed by atoms with E-state index in [1.807, 2.05) is 18.2 Å². The van der Waals surface area contributed by atoms with Gasteiger partial charge in [0, 0.05) is 17.9 Å². The minimum Gasteiger partial charge on any atom is -0.355 e. The Hall–Kier alpha value is -1.35. The molecule has 0 radical (unpaired) electrons. The molecule has 3 nitrogen and oxygen atoms in total. The largest absolute Gasteiger partial charge is 0.355 e. The standard InChI is InChI=1S/C18H28N2O/c1-18(2,15-9-4-3-5-10-15)13-20-17(21)16-11-7-6-8-14(16)12-19/h3-5,9-10,14,16H,6-8,11-13,19H2,1-2H3,(H,20,21). The lowest BCUT2D eigenvalue weighted by Crippen LogP contribution is -2.43. The van der Waals surface area contributed by atoms with Gasteiger partial charge in [-0.05, 0) is 30.9 Å². The van der Waals surface area contributed by atoms with Crippen LogP contribution in [0.25, 0.3) is 0 Å². The number of amides is 1. The molecule has 0 heterocycles. The maximum absolute atomic E-state index is 12.5. The molecule has 1 aliphatic rings. The first-order valence-electron chi connectivity index (χ1n) is 8.08. The lowest BCUT2D eigenvalue weighted by atomic mass is 9.78. The fraction of sp³-hybridized carbons (Fsp3) is 0.611. The normalized spacial score (nSPS) is 22.8. The summed E-state index contributed by atoms with van der Waals surface area (Å²) in [5.74, 6) is 0.656. The summed E-state index contributed by atoms with van der Waals surface area (Å²) in [4.78, 5) is 12.5. The fourth-order valence-electron chi connectivity index (χ4n) is 3.27. The van der Waals surface area contributed by atoms with Gasteiger partial charge in [-0.15, -0.1) is 0 Å². The molecule has 1 aliphatic carbocycles. The Bertz CT molecular complexity index is 456. The van der Waals surface area contributed by atoms with Gasteiger partial charge in [0.25, 0.3) is 0 Å². The smallest absolute Gasteiger partial charge is 0.223 e. The summed E-state index contributed by atoms with van der Waals surface area (Å²) in [5, 5.41) is 3.16. The number of carbonyl (C=O) groups is 1. The van der Waals surface area contributed by atoms with Gasteiger partial charge < -0.3 is 11.1 Å². The van der Waals surface area contributed by atoms with Gasteiger partial charge in [0.2, 0.25) is 5.91 Å². The highest BCUT2D eigenvalue weighted by atomic mass is 16.1. The molecule has 3 N–H and O–H groups in total. The molecule has 0 bridgehead atoms. The van der Waals surface area contributed by atoms with Crippen LogP contribution in [0, 0.1) is 11.8 Å². The van der Waals surface area contributed by atoms with Crippen LogP contribution in [0.5, 0.6) is 0 Å². The van der Waals surface area contributed by atoms with Crippen molar-refractivity contribution in [2.75, 3.05) is 13.1 Å². The number of nitrogens with one attached hydrogen (secondary N) is 1. The first kappa shape index (κ1) is 16.0. The molecule has 1 fully saturated rings. The average molecular weight is 288 g/mol. The summed E-state index contributed by atoms with van der Waals surface area (Å²) < 4.78 is 0. The first-order chi connectivity index (χ1) is 10.0. The number of rotatable bonds is 5. The predicted molar refractivity (Wildman–Crippen MR) is 87.0 cm³/mol. The van der Waals surface area contributed by atoms with Gasteiger partial charge in [0.05, 0.1) is 0 Å². The van der Waals surface area contributed by atoms with Crippen molar-refractivity contribution in [2.45, 2.75) is 44.9 Å². The molecule has 1 aromatic carbocycles. The number of benzene rings is 1. The van der Waals surface area contributed by atoms with E-state index in [-0.39, 0.29) is 17.2 Å². The molecule has 3 heteroatoms. The molecular formula is C18H28N2O. The quantitative estimate of drug-likeness (QED) is 0.875. The second-order valence-corrected chi connectivity index (χ2v) is 6.85. The molecule has 1 saturated carbocycles. The SMILES string of the molecule is CC(C)(CNC(=O)C1CCCCC1CN)c1ccccc1. The molecule has 2 unspecified atom stereocenters. The summed E-state index contributed by atoms with van der Waals surface area (Å²) in [5.41, 5.74) is 7.03. The summed E-state index contributed by atoms with van der Waals surface area (Å²) in [6.07, 6.45) is 4.44. The monoisotopic (exact) mass is 288 g/mol. The van der Waals surface area contributed by atoms with Crippen LogP contribution in [-0.2, 0) is 10.2 Å². The van der Waals surface area contributed by atoms with Crippen LogP contribution in [0.2, 0.25) is 0 Å². The van der Waals surface area contributed by atoms with E-state index in [1.54, 1.807) is 0 Å². The Morgan fingerprint density at radius 2 is 1.90 bits per heavy atom. The number of hydrogen-bond acceptors (Lipinski definition) is 2. The minimum atomic E-state index is -0.0518. The average Bonchev–Trinajstić information content (AvgIpc) is 2.53. The van der Waals surface area contributed by atoms with Gasteiger partial charge in [-0.25, -0.2) is 0 Å². The maximum Gasteiger partial charge on any atom is 0.223 e. The Morgan fingerprint density at radius 1 is 1.24 bits per heavy atom. The Kier molecular flexibility index (Phi) is 5.40. The van der Waals surface area contributed by atoms with E-state index in [4.69, 9.17) is 5.73 Å². The molecule has 21 heavy (non-hydrogen) atoms. The summed E-state index contributed by atoms with van der Waals surface area (Å²) in [7, 11) is 0. The third-order valence-electron chi connectivity index (χ3n) is 4.81. The molecular weight excluding hydrogens is 260 g/mol. The predicted octanol–water partition coefficient (Wildman–Crippen LogP) is 2.85. The van der Waals surface area contributed by atoms with Crippen molar-refractivity contribution in [3.8, 4) is 0 Å². The molecule has 116 valence electrons. The van der Waals surface area contributed by atoms with Gasteiger partial charge in [-0.2, -0.15) is 0 Å². The molecule has 2 rings (SSSR count). The van der Waals surface area contributed by atoms with Gasteiger partial charge in [0.1, 0.15) is 0 Å². The summed E-state index contributed by atoms with van der Waals surface area (Å²) >= 11 is 0. The van der Waals surface area contributed by atoms with Crippen LogP contribution >= 0.6 is 0 Å². The van der Waals surface area contributed by atoms with E-state index in [0.717, 1.165) is 19.3 Å². The second-order valence-electron chi connectivity index (χ2n) is 6.85. The minimum absolute atomic E-state index is 0.0518. The van der Waals surface area contributed by atoms with E-state index >= 15 is 0 Å². The molecule has 0 saturated heterocycles. The van der Waals surface area contributed by atoms with Crippen molar-refractivity contribution in [3.05, 3.63) is 35.9 Å². The maximum atomic E-state index is 12.5. The van der Waals surface area contributed by atoms with Crippen LogP contribution in [0.1, 0.15) is 45.1 Å². The topological polar surface area (TPSA) is 55.1 Å². The molecule has 1 amide bonds. The van der Waals surface area contributed by atoms with Crippen molar-refractivity contribution < 1.29 is 4.79 Å². The van der Waals surface area contributed by atoms with Gasteiger partial charge in [-0.1, -0.05) is 57.0 Å². The van der Waals surface area contributed by atoms with Crippen LogP contribution in [-0.4, -0.2) is 19.0 Å². The zero-order valence-corrected chi connectivity index (χ0v) is 13.3. The van der Waals surface area contributed by atoms with Crippen molar-refractivity contribution >= 4 is 5.91 Å². The fourth-order valence-corrected chi connectivity index (χ4v) is 3.27. The van der Waals surface area contributed by atoms with Crippen LogP contribution in [0.3, 0.4) is 0 Å². The Labute approximate surface area is 128 Å². The van der Waals surface area contributed by atoms with Crippen molar-refractivity contribution in [3.63, 3.8) is 0 Å². The van der Waals surface area contributed by atoms with E-state index in [2.05, 4.69) is 31.3 Å². The Morgan fingerprint density at radius 3 is 2.57 bits per heavy atom. The van der Waals surface area contributed by atoms with Gasteiger partial charge in [0.15, 0.2) is 0 Å². The summed E-state index contributed by atoms with van der Waals surface area (Å²) in [6, 6.07) is 10.4. The lowest BCUT2D eigenvalue weighted by molar-refractivity contribution is -0.127. The number of nitrogens with two attached hydrogens (primary N) is 1. The highest BCUT2D eigenvalue weighted by Crippen LogP contribution is 2.30. The van der Waals surface area contributed by atoms with E-state index < -0.39 is 0 Å². The number of hydrogen-bond donors (Lipinski definition) is 2. The molecule has 1 aromatic rings. The molecule has 0 aromatic heterocycles. The first-order valence-corrected chi connectivity index (χ1v) is 8.08. The zero-order chi connectivity index (χ0) is 15.3. The lowest BCUT2D eigenvalue weighted by Gasteiger charge is -2.31. The van der Waals surface area contributed by atoms with Crippen molar-refractivity contribution in [1.29, 1.82) is 0 Å². The number of carbonyl (C=O) groups excluding carboxylic acids is 1. The zero-order valence-electron chi connectivity index (χ0n) is 13.3. The molecule has 0 aliphatic heterocycles.